The Kier molecular flexibility index (Phi) is 7.08. The van der Waals surface area contributed by atoms with Crippen LogP contribution in [0.15, 0.2) is 54.6 Å². The molecular weight excluding hydrogens is 346 g/mol. The average molecular weight is 369 g/mol. The minimum Gasteiger partial charge on any atom is -0.497 e. The fourth-order valence-corrected chi connectivity index (χ4v) is 2.64. The molecule has 0 bridgehead atoms. The van der Waals surface area contributed by atoms with Crippen LogP contribution in [0.3, 0.4) is 0 Å². The molecule has 0 saturated carbocycles. The number of nitrogens with zero attached hydrogens (tertiary/aromatic N) is 2. The molecule has 2 aromatic rings. The zero-order chi connectivity index (χ0) is 19.8. The van der Waals surface area contributed by atoms with E-state index < -0.39 is 4.92 Å². The van der Waals surface area contributed by atoms with Crippen molar-refractivity contribution in [1.82, 2.24) is 10.2 Å². The second-order valence-corrected chi connectivity index (χ2v) is 6.15. The Labute approximate surface area is 158 Å². The summed E-state index contributed by atoms with van der Waals surface area (Å²) in [5, 5.41) is 13.9. The highest BCUT2D eigenvalue weighted by atomic mass is 16.6. The molecule has 7 nitrogen and oxygen atoms in total. The fourth-order valence-electron chi connectivity index (χ4n) is 2.64. The molecule has 0 aliphatic heterocycles. The van der Waals surface area contributed by atoms with Gasteiger partial charge in [-0.15, -0.1) is 0 Å². The third-order valence-corrected chi connectivity index (χ3v) is 4.14. The quantitative estimate of drug-likeness (QED) is 0.439. The van der Waals surface area contributed by atoms with Gasteiger partial charge in [0.25, 0.3) is 5.69 Å². The van der Waals surface area contributed by atoms with Crippen LogP contribution in [0.5, 0.6) is 5.75 Å². The summed E-state index contributed by atoms with van der Waals surface area (Å²) < 4.78 is 5.17. The topological polar surface area (TPSA) is 84.7 Å². The minimum atomic E-state index is -0.469. The molecule has 0 heterocycles. The van der Waals surface area contributed by atoms with Crippen molar-refractivity contribution < 1.29 is 14.5 Å². The van der Waals surface area contributed by atoms with Gasteiger partial charge in [0.1, 0.15) is 5.75 Å². The molecule has 0 aromatic heterocycles. The average Bonchev–Trinajstić information content (AvgIpc) is 2.67. The van der Waals surface area contributed by atoms with Crippen molar-refractivity contribution in [3.05, 3.63) is 75.8 Å². The van der Waals surface area contributed by atoms with E-state index in [0.29, 0.717) is 12.1 Å². The zero-order valence-electron chi connectivity index (χ0n) is 15.6. The molecule has 1 unspecified atom stereocenters. The second kappa shape index (κ2) is 9.49. The van der Waals surface area contributed by atoms with Crippen LogP contribution in [0.1, 0.15) is 17.2 Å². The molecule has 0 fully saturated rings. The lowest BCUT2D eigenvalue weighted by Gasteiger charge is -2.25. The Bertz CT molecular complexity index is 816. The maximum Gasteiger partial charge on any atom is 0.276 e. The minimum absolute atomic E-state index is 0.0145. The van der Waals surface area contributed by atoms with E-state index in [1.165, 1.54) is 18.2 Å². The van der Waals surface area contributed by atoms with Crippen molar-refractivity contribution in [1.29, 1.82) is 0 Å². The normalized spacial score (nSPS) is 12.1. The number of rotatable bonds is 8. The van der Waals surface area contributed by atoms with E-state index in [0.717, 1.165) is 11.3 Å². The lowest BCUT2D eigenvalue weighted by Crippen LogP contribution is -2.33. The number of ether oxygens (including phenoxy) is 1. The highest BCUT2D eigenvalue weighted by Gasteiger charge is 2.15. The first-order valence-electron chi connectivity index (χ1n) is 8.42. The van der Waals surface area contributed by atoms with Gasteiger partial charge in [0.05, 0.1) is 23.6 Å². The number of nitro groups is 1. The van der Waals surface area contributed by atoms with E-state index in [1.807, 2.05) is 43.3 Å². The third-order valence-electron chi connectivity index (χ3n) is 4.14. The highest BCUT2D eigenvalue weighted by molar-refractivity contribution is 5.92. The molecule has 27 heavy (non-hydrogen) atoms. The summed E-state index contributed by atoms with van der Waals surface area (Å²) in [7, 11) is 5.48. The number of carbonyl (C=O) groups excluding carboxylic acids is 1. The zero-order valence-corrected chi connectivity index (χ0v) is 15.6. The Balaban J connectivity index is 2.02. The third kappa shape index (κ3) is 5.65. The molecule has 0 spiro atoms. The molecule has 7 heteroatoms. The first-order chi connectivity index (χ1) is 12.9. The van der Waals surface area contributed by atoms with E-state index in [2.05, 4.69) is 5.32 Å². The van der Waals surface area contributed by atoms with Crippen LogP contribution in [0.25, 0.3) is 6.08 Å². The van der Waals surface area contributed by atoms with Gasteiger partial charge in [0.15, 0.2) is 0 Å². The van der Waals surface area contributed by atoms with Crippen molar-refractivity contribution >= 4 is 17.7 Å². The largest absolute Gasteiger partial charge is 0.497 e. The molecular formula is C20H23N3O4. The van der Waals surface area contributed by atoms with Gasteiger partial charge in [0.2, 0.25) is 5.91 Å². The van der Waals surface area contributed by atoms with Crippen LogP contribution < -0.4 is 10.1 Å². The summed E-state index contributed by atoms with van der Waals surface area (Å²) in [5.74, 6) is 0.459. The van der Waals surface area contributed by atoms with Crippen LogP contribution in [0.4, 0.5) is 5.69 Å². The van der Waals surface area contributed by atoms with Gasteiger partial charge >= 0.3 is 0 Å². The van der Waals surface area contributed by atoms with Crippen molar-refractivity contribution in [3.8, 4) is 5.75 Å². The van der Waals surface area contributed by atoms with Crippen LogP contribution in [0.2, 0.25) is 0 Å². The summed E-state index contributed by atoms with van der Waals surface area (Å²) >= 11 is 0. The van der Waals surface area contributed by atoms with Crippen LogP contribution in [-0.2, 0) is 4.79 Å². The van der Waals surface area contributed by atoms with E-state index in [-0.39, 0.29) is 17.6 Å². The van der Waals surface area contributed by atoms with Crippen molar-refractivity contribution in [3.63, 3.8) is 0 Å². The van der Waals surface area contributed by atoms with Gasteiger partial charge in [-0.3, -0.25) is 14.9 Å². The van der Waals surface area contributed by atoms with Gasteiger partial charge in [-0.05, 0) is 43.9 Å². The van der Waals surface area contributed by atoms with Gasteiger partial charge in [-0.1, -0.05) is 24.3 Å². The van der Waals surface area contributed by atoms with E-state index >= 15 is 0 Å². The fraction of sp³-hybridized carbons (Fsp3) is 0.250. The maximum atomic E-state index is 12.2. The van der Waals surface area contributed by atoms with Gasteiger partial charge in [-0.2, -0.15) is 0 Å². The summed E-state index contributed by atoms with van der Waals surface area (Å²) in [6.45, 7) is 0.402. The van der Waals surface area contributed by atoms with E-state index in [1.54, 1.807) is 25.3 Å². The van der Waals surface area contributed by atoms with Crippen molar-refractivity contribution in [2.75, 3.05) is 27.7 Å². The van der Waals surface area contributed by atoms with E-state index in [4.69, 9.17) is 4.74 Å². The number of benzene rings is 2. The van der Waals surface area contributed by atoms with Crippen LogP contribution >= 0.6 is 0 Å². The Hall–Kier alpha value is -3.19. The summed E-state index contributed by atoms with van der Waals surface area (Å²) in [4.78, 5) is 24.7. The van der Waals surface area contributed by atoms with Crippen molar-refractivity contribution in [2.45, 2.75) is 6.04 Å². The molecule has 1 atom stereocenters. The highest BCUT2D eigenvalue weighted by Crippen LogP contribution is 2.21. The number of likely N-dealkylation sites (N-methyl/N-ethyl adjacent to an activating group) is 1. The Morgan fingerprint density at radius 3 is 2.48 bits per heavy atom. The maximum absolute atomic E-state index is 12.2. The lowest BCUT2D eigenvalue weighted by molar-refractivity contribution is -0.385. The standard InChI is InChI=1S/C20H23N3O4/c1-22(2)19(16-8-11-17(27-3)12-9-16)14-21-20(24)13-10-15-6-4-5-7-18(15)23(25)26/h4-13,19H,14H2,1-3H3,(H,21,24)/b13-10+. The molecule has 2 rings (SSSR count). The number of nitro benzene ring substituents is 1. The predicted molar refractivity (Wildman–Crippen MR) is 105 cm³/mol. The molecule has 2 aromatic carbocycles. The molecule has 0 radical (unpaired) electrons. The molecule has 142 valence electrons. The Morgan fingerprint density at radius 1 is 1.22 bits per heavy atom. The molecule has 1 amide bonds. The predicted octanol–water partition coefficient (Wildman–Crippen LogP) is 3.04. The monoisotopic (exact) mass is 369 g/mol. The number of hydrogen-bond donors (Lipinski definition) is 1. The lowest BCUT2D eigenvalue weighted by atomic mass is 10.1. The summed E-state index contributed by atoms with van der Waals surface area (Å²) in [6.07, 6.45) is 2.76. The SMILES string of the molecule is COc1ccc(C(CNC(=O)/C=C/c2ccccc2[N+](=O)[O-])N(C)C)cc1. The smallest absolute Gasteiger partial charge is 0.276 e. The second-order valence-electron chi connectivity index (χ2n) is 6.15. The van der Waals surface area contributed by atoms with Crippen LogP contribution in [-0.4, -0.2) is 43.5 Å². The molecule has 1 N–H and O–H groups in total. The number of nitrogens with one attached hydrogen (secondary N) is 1. The number of para-hydroxylation sites is 1. The molecule has 0 saturated heterocycles. The number of carbonyl (C=O) groups is 1. The first-order valence-corrected chi connectivity index (χ1v) is 8.42. The van der Waals surface area contributed by atoms with Crippen molar-refractivity contribution in [2.24, 2.45) is 0 Å². The van der Waals surface area contributed by atoms with Gasteiger partial charge < -0.3 is 15.0 Å². The molecule has 0 aliphatic rings. The van der Waals surface area contributed by atoms with E-state index in [9.17, 15) is 14.9 Å². The molecule has 0 aliphatic carbocycles. The number of amides is 1. The summed E-state index contributed by atoms with van der Waals surface area (Å²) in [6, 6.07) is 13.9. The van der Waals surface area contributed by atoms with Gasteiger partial charge in [-0.25, -0.2) is 0 Å². The first kappa shape index (κ1) is 20.1. The van der Waals surface area contributed by atoms with Crippen LogP contribution in [0, 0.1) is 10.1 Å². The summed E-state index contributed by atoms with van der Waals surface area (Å²) in [5.41, 5.74) is 1.40. The van der Waals surface area contributed by atoms with Gasteiger partial charge in [0, 0.05) is 18.7 Å². The number of hydrogen-bond acceptors (Lipinski definition) is 5. The number of methoxy groups -OCH3 is 1. The Morgan fingerprint density at radius 2 is 1.89 bits per heavy atom.